The number of nitrogens with one attached hydrogen (secondary N) is 1. The molecule has 2 heterocycles. The van der Waals surface area contributed by atoms with Crippen LogP contribution in [0.15, 0.2) is 35.9 Å². The van der Waals surface area contributed by atoms with Gasteiger partial charge in [-0.15, -0.1) is 0 Å². The third-order valence-corrected chi connectivity index (χ3v) is 5.82. The van der Waals surface area contributed by atoms with Crippen LogP contribution in [0.2, 0.25) is 0 Å². The number of rotatable bonds is 5. The van der Waals surface area contributed by atoms with E-state index in [4.69, 9.17) is 27.9 Å². The molecule has 1 fully saturated rings. The van der Waals surface area contributed by atoms with Crippen molar-refractivity contribution in [1.82, 2.24) is 5.32 Å². The highest BCUT2D eigenvalue weighted by atomic mass is 35.5. The normalized spacial score (nSPS) is 21.4. The van der Waals surface area contributed by atoms with Gasteiger partial charge in [-0.25, -0.2) is 13.2 Å². The summed E-state index contributed by atoms with van der Waals surface area (Å²) in [4.78, 5) is 25.6. The van der Waals surface area contributed by atoms with E-state index in [2.05, 4.69) is 5.32 Å². The Hall–Kier alpha value is -1.97. The standard InChI is InChI=1S/C16H17Cl2N3O5S/c17-14(18)15(22)19-9-13-10-21(16(23)26-13)12-3-1-11(2-4-12)20-5-7-27(24,25)8-6-20/h1-5,7,13-14H,6,8-10H2,(H,19,22)/t13-/m0/s1. The summed E-state index contributed by atoms with van der Waals surface area (Å²) in [7, 11) is -3.11. The number of nitrogens with zero attached hydrogens (tertiary/aromatic N) is 2. The van der Waals surface area contributed by atoms with E-state index in [9.17, 15) is 18.0 Å². The van der Waals surface area contributed by atoms with Gasteiger partial charge in [-0.1, -0.05) is 23.2 Å². The Morgan fingerprint density at radius 2 is 1.93 bits per heavy atom. The zero-order valence-corrected chi connectivity index (χ0v) is 16.4. The van der Waals surface area contributed by atoms with E-state index in [0.717, 1.165) is 5.69 Å². The van der Waals surface area contributed by atoms with Crippen molar-refractivity contribution in [3.63, 3.8) is 0 Å². The highest BCUT2D eigenvalue weighted by molar-refractivity contribution is 7.94. The van der Waals surface area contributed by atoms with Crippen LogP contribution in [0.5, 0.6) is 0 Å². The van der Waals surface area contributed by atoms with Crippen LogP contribution in [0.3, 0.4) is 0 Å². The van der Waals surface area contributed by atoms with Gasteiger partial charge < -0.3 is 15.0 Å². The van der Waals surface area contributed by atoms with Crippen molar-refractivity contribution in [3.05, 3.63) is 35.9 Å². The molecule has 8 nitrogen and oxygen atoms in total. The van der Waals surface area contributed by atoms with Crippen LogP contribution in [-0.2, 0) is 19.4 Å². The van der Waals surface area contributed by atoms with Gasteiger partial charge in [0.15, 0.2) is 14.7 Å². The van der Waals surface area contributed by atoms with E-state index in [1.54, 1.807) is 24.3 Å². The lowest BCUT2D eigenvalue weighted by Gasteiger charge is -2.24. The molecule has 0 unspecified atom stereocenters. The molecule has 11 heteroatoms. The number of carbonyl (C=O) groups is 2. The van der Waals surface area contributed by atoms with E-state index < -0.39 is 32.8 Å². The van der Waals surface area contributed by atoms with Crippen LogP contribution >= 0.6 is 23.2 Å². The Balaban J connectivity index is 1.62. The lowest BCUT2D eigenvalue weighted by Crippen LogP contribution is -2.37. The number of hydrogen-bond acceptors (Lipinski definition) is 6. The summed E-state index contributed by atoms with van der Waals surface area (Å²) in [6.45, 7) is 0.756. The van der Waals surface area contributed by atoms with Gasteiger partial charge in [0.2, 0.25) is 0 Å². The van der Waals surface area contributed by atoms with E-state index >= 15 is 0 Å². The lowest BCUT2D eigenvalue weighted by atomic mass is 10.2. The van der Waals surface area contributed by atoms with Crippen LogP contribution < -0.4 is 15.1 Å². The minimum atomic E-state index is -3.11. The van der Waals surface area contributed by atoms with Gasteiger partial charge in [-0.05, 0) is 24.3 Å². The van der Waals surface area contributed by atoms with Crippen LogP contribution in [0.25, 0.3) is 0 Å². The summed E-state index contributed by atoms with van der Waals surface area (Å²) in [5.74, 6) is -0.489. The molecule has 2 aliphatic heterocycles. The third kappa shape index (κ3) is 4.85. The number of anilines is 2. The molecule has 3 rings (SSSR count). The molecule has 1 saturated heterocycles. The van der Waals surface area contributed by atoms with Crippen molar-refractivity contribution in [3.8, 4) is 0 Å². The monoisotopic (exact) mass is 433 g/mol. The first kappa shape index (κ1) is 19.8. The first-order valence-corrected chi connectivity index (χ1v) is 10.7. The van der Waals surface area contributed by atoms with E-state index in [0.29, 0.717) is 12.2 Å². The average molecular weight is 434 g/mol. The predicted molar refractivity (Wildman–Crippen MR) is 103 cm³/mol. The van der Waals surface area contributed by atoms with Crippen molar-refractivity contribution >= 4 is 56.4 Å². The molecule has 0 bridgehead atoms. The van der Waals surface area contributed by atoms with Crippen molar-refractivity contribution in [1.29, 1.82) is 0 Å². The number of cyclic esters (lactones) is 1. The Bertz CT molecular complexity index is 857. The number of benzene rings is 1. The molecule has 1 atom stereocenters. The first-order valence-electron chi connectivity index (χ1n) is 8.07. The molecular weight excluding hydrogens is 417 g/mol. The second-order valence-corrected chi connectivity index (χ2v) is 9.13. The fourth-order valence-electron chi connectivity index (χ4n) is 2.70. The lowest BCUT2D eigenvalue weighted by molar-refractivity contribution is -0.119. The number of sulfone groups is 1. The summed E-state index contributed by atoms with van der Waals surface area (Å²) in [6.07, 6.45) is 0.500. The zero-order valence-electron chi connectivity index (χ0n) is 14.0. The molecular formula is C16H17Cl2N3O5S. The van der Waals surface area contributed by atoms with Gasteiger partial charge in [0.05, 0.1) is 18.8 Å². The highest BCUT2D eigenvalue weighted by Gasteiger charge is 2.32. The fraction of sp³-hybridized carbons (Fsp3) is 0.375. The molecule has 0 saturated carbocycles. The van der Waals surface area contributed by atoms with E-state index in [1.165, 1.54) is 16.5 Å². The number of halogens is 2. The molecule has 0 aromatic heterocycles. The summed E-state index contributed by atoms with van der Waals surface area (Å²) >= 11 is 10.9. The quantitative estimate of drug-likeness (QED) is 0.708. The second-order valence-electron chi connectivity index (χ2n) is 6.02. The van der Waals surface area contributed by atoms with Crippen molar-refractivity contribution in [2.24, 2.45) is 0 Å². The average Bonchev–Trinajstić information content (AvgIpc) is 3.00. The van der Waals surface area contributed by atoms with Crippen molar-refractivity contribution in [2.45, 2.75) is 10.9 Å². The Kier molecular flexibility index (Phi) is 5.83. The maximum Gasteiger partial charge on any atom is 0.414 e. The molecule has 1 aromatic rings. The van der Waals surface area contributed by atoms with Crippen LogP contribution in [-0.4, -0.2) is 56.7 Å². The van der Waals surface area contributed by atoms with Gasteiger partial charge in [0, 0.05) is 29.5 Å². The number of alkyl halides is 2. The molecule has 1 aromatic carbocycles. The van der Waals surface area contributed by atoms with Crippen molar-refractivity contribution < 1.29 is 22.7 Å². The van der Waals surface area contributed by atoms with Crippen LogP contribution in [0.4, 0.5) is 16.2 Å². The van der Waals surface area contributed by atoms with Gasteiger partial charge in [0.25, 0.3) is 5.91 Å². The summed E-state index contributed by atoms with van der Waals surface area (Å²) < 4.78 is 28.1. The topological polar surface area (TPSA) is 96.0 Å². The minimum absolute atomic E-state index is 0.0581. The molecule has 1 N–H and O–H groups in total. The maximum atomic E-state index is 12.1. The van der Waals surface area contributed by atoms with Gasteiger partial charge in [0.1, 0.15) is 6.10 Å². The second kappa shape index (κ2) is 7.95. The molecule has 0 radical (unpaired) electrons. The summed E-state index contributed by atoms with van der Waals surface area (Å²) in [5, 5.41) is 3.69. The Morgan fingerprint density at radius 3 is 2.52 bits per heavy atom. The number of amides is 2. The molecule has 2 amide bonds. The number of hydrogen-bond donors (Lipinski definition) is 1. The molecule has 0 spiro atoms. The predicted octanol–water partition coefficient (Wildman–Crippen LogP) is 1.64. The molecule has 27 heavy (non-hydrogen) atoms. The summed E-state index contributed by atoms with van der Waals surface area (Å²) in [5.41, 5.74) is 1.45. The van der Waals surface area contributed by atoms with Crippen molar-refractivity contribution in [2.75, 3.05) is 35.2 Å². The minimum Gasteiger partial charge on any atom is -0.442 e. The smallest absolute Gasteiger partial charge is 0.414 e. The largest absolute Gasteiger partial charge is 0.442 e. The maximum absolute atomic E-state index is 12.1. The van der Waals surface area contributed by atoms with Crippen LogP contribution in [0.1, 0.15) is 0 Å². The zero-order chi connectivity index (χ0) is 19.6. The summed E-state index contributed by atoms with van der Waals surface area (Å²) in [6, 6.07) is 7.10. The van der Waals surface area contributed by atoms with E-state index in [1.807, 2.05) is 4.90 Å². The Labute approximate surface area is 166 Å². The third-order valence-electron chi connectivity index (χ3n) is 4.13. The highest BCUT2D eigenvalue weighted by Crippen LogP contribution is 2.26. The number of ether oxygens (including phenoxy) is 1. The van der Waals surface area contributed by atoms with E-state index in [-0.39, 0.29) is 18.8 Å². The van der Waals surface area contributed by atoms with Gasteiger partial charge in [-0.3, -0.25) is 9.69 Å². The van der Waals surface area contributed by atoms with Gasteiger partial charge >= 0.3 is 6.09 Å². The SMILES string of the molecule is O=C(NC[C@H]1CN(c2ccc(N3C=CS(=O)(=O)CC3)cc2)C(=O)O1)C(Cl)Cl. The first-order chi connectivity index (χ1) is 12.7. The fourth-order valence-corrected chi connectivity index (χ4v) is 3.78. The molecule has 2 aliphatic rings. The van der Waals surface area contributed by atoms with Gasteiger partial charge in [-0.2, -0.15) is 0 Å². The molecule has 146 valence electrons. The Morgan fingerprint density at radius 1 is 1.26 bits per heavy atom. The number of carbonyl (C=O) groups excluding carboxylic acids is 2. The van der Waals surface area contributed by atoms with Crippen LogP contribution in [0, 0.1) is 0 Å². The molecule has 0 aliphatic carbocycles.